The largest absolute Gasteiger partial charge is 0.368 e. The Morgan fingerprint density at radius 2 is 1.91 bits per heavy atom. The zero-order valence-electron chi connectivity index (χ0n) is 12.1. The average molecular weight is 295 g/mol. The van der Waals surface area contributed by atoms with Crippen LogP contribution in [0.15, 0.2) is 42.5 Å². The molecule has 0 aliphatic heterocycles. The van der Waals surface area contributed by atoms with Crippen LogP contribution in [0.4, 0.5) is 0 Å². The summed E-state index contributed by atoms with van der Waals surface area (Å²) < 4.78 is 0. The number of hydrogen-bond acceptors (Lipinski definition) is 3. The van der Waals surface area contributed by atoms with Gasteiger partial charge in [-0.25, -0.2) is 0 Å². The molecule has 2 aromatic carbocycles. The van der Waals surface area contributed by atoms with Gasteiger partial charge in [-0.1, -0.05) is 42.5 Å². The molecule has 0 aromatic heterocycles. The van der Waals surface area contributed by atoms with Crippen molar-refractivity contribution in [2.45, 2.75) is 25.3 Å². The SMILES string of the molecule is N#CCC[C@@H](NC(=O)Cc1ccc2ccccc2c1)C(N)=O. The molecule has 0 aliphatic carbocycles. The molecule has 2 amide bonds. The van der Waals surface area contributed by atoms with E-state index in [-0.39, 0.29) is 25.2 Å². The topological polar surface area (TPSA) is 96.0 Å². The van der Waals surface area contributed by atoms with Gasteiger partial charge >= 0.3 is 0 Å². The fourth-order valence-corrected chi connectivity index (χ4v) is 2.27. The minimum atomic E-state index is -0.799. The first-order chi connectivity index (χ1) is 10.6. The first kappa shape index (κ1) is 15.5. The lowest BCUT2D eigenvalue weighted by Gasteiger charge is -2.14. The van der Waals surface area contributed by atoms with Gasteiger partial charge in [0.05, 0.1) is 12.5 Å². The number of nitrogens with zero attached hydrogens (tertiary/aromatic N) is 1. The molecule has 3 N–H and O–H groups in total. The van der Waals surface area contributed by atoms with Crippen LogP contribution >= 0.6 is 0 Å². The second-order valence-electron chi connectivity index (χ2n) is 5.08. The average Bonchev–Trinajstić information content (AvgIpc) is 2.51. The Balaban J connectivity index is 2.03. The van der Waals surface area contributed by atoms with E-state index in [9.17, 15) is 9.59 Å². The molecule has 0 bridgehead atoms. The summed E-state index contributed by atoms with van der Waals surface area (Å²) >= 11 is 0. The maximum absolute atomic E-state index is 12.0. The predicted molar refractivity (Wildman–Crippen MR) is 83.6 cm³/mol. The van der Waals surface area contributed by atoms with Crippen LogP contribution in [0.25, 0.3) is 10.8 Å². The highest BCUT2D eigenvalue weighted by molar-refractivity contribution is 5.88. The second kappa shape index (κ2) is 7.23. The highest BCUT2D eigenvalue weighted by atomic mass is 16.2. The van der Waals surface area contributed by atoms with E-state index in [4.69, 9.17) is 11.0 Å². The molecule has 0 unspecified atom stereocenters. The molecule has 0 saturated carbocycles. The summed E-state index contributed by atoms with van der Waals surface area (Å²) in [6.07, 6.45) is 0.570. The molecule has 22 heavy (non-hydrogen) atoms. The minimum Gasteiger partial charge on any atom is -0.368 e. The minimum absolute atomic E-state index is 0.168. The molecule has 0 aliphatic rings. The van der Waals surface area contributed by atoms with Crippen LogP contribution in [0.5, 0.6) is 0 Å². The van der Waals surface area contributed by atoms with Crippen molar-refractivity contribution in [3.63, 3.8) is 0 Å². The predicted octanol–water partition coefficient (Wildman–Crippen LogP) is 1.66. The van der Waals surface area contributed by atoms with Crippen LogP contribution in [-0.4, -0.2) is 17.9 Å². The van der Waals surface area contributed by atoms with Gasteiger partial charge in [0.15, 0.2) is 0 Å². The van der Waals surface area contributed by atoms with Crippen LogP contribution in [-0.2, 0) is 16.0 Å². The molecule has 0 fully saturated rings. The van der Waals surface area contributed by atoms with Gasteiger partial charge in [0.25, 0.3) is 0 Å². The van der Waals surface area contributed by atoms with Crippen LogP contribution < -0.4 is 11.1 Å². The summed E-state index contributed by atoms with van der Waals surface area (Å²) in [5.74, 6) is -0.904. The Hall–Kier alpha value is -2.87. The molecule has 2 aromatic rings. The van der Waals surface area contributed by atoms with Gasteiger partial charge in [-0.15, -0.1) is 0 Å². The smallest absolute Gasteiger partial charge is 0.240 e. The zero-order chi connectivity index (χ0) is 15.9. The van der Waals surface area contributed by atoms with E-state index in [1.54, 1.807) is 0 Å². The third-order valence-corrected chi connectivity index (χ3v) is 3.40. The summed E-state index contributed by atoms with van der Waals surface area (Å²) in [6.45, 7) is 0. The van der Waals surface area contributed by atoms with E-state index in [2.05, 4.69) is 5.32 Å². The maximum Gasteiger partial charge on any atom is 0.240 e. The van der Waals surface area contributed by atoms with E-state index < -0.39 is 11.9 Å². The summed E-state index contributed by atoms with van der Waals surface area (Å²) in [6, 6.07) is 14.8. The molecule has 5 nitrogen and oxygen atoms in total. The van der Waals surface area contributed by atoms with Crippen LogP contribution in [0.1, 0.15) is 18.4 Å². The van der Waals surface area contributed by atoms with Gasteiger partial charge in [0.2, 0.25) is 11.8 Å². The zero-order valence-corrected chi connectivity index (χ0v) is 12.1. The normalized spacial score (nSPS) is 11.6. The van der Waals surface area contributed by atoms with Crippen molar-refractivity contribution in [3.8, 4) is 6.07 Å². The van der Waals surface area contributed by atoms with Crippen molar-refractivity contribution in [2.75, 3.05) is 0 Å². The molecular weight excluding hydrogens is 278 g/mol. The number of fused-ring (bicyclic) bond motifs is 1. The van der Waals surface area contributed by atoms with E-state index in [1.807, 2.05) is 48.5 Å². The Kier molecular flexibility index (Phi) is 5.10. The number of nitrogens with two attached hydrogens (primary N) is 1. The fraction of sp³-hybridized carbons (Fsp3) is 0.235. The quantitative estimate of drug-likeness (QED) is 0.848. The van der Waals surface area contributed by atoms with Crippen LogP contribution in [0.2, 0.25) is 0 Å². The number of rotatable bonds is 6. The third-order valence-electron chi connectivity index (χ3n) is 3.40. The summed E-state index contributed by atoms with van der Waals surface area (Å²) in [4.78, 5) is 23.3. The van der Waals surface area contributed by atoms with Gasteiger partial charge in [0.1, 0.15) is 6.04 Å². The van der Waals surface area contributed by atoms with Crippen molar-refractivity contribution in [2.24, 2.45) is 5.73 Å². The molecule has 2 rings (SSSR count). The van der Waals surface area contributed by atoms with E-state index in [0.717, 1.165) is 16.3 Å². The molecule has 0 saturated heterocycles. The number of hydrogen-bond donors (Lipinski definition) is 2. The molecule has 0 heterocycles. The summed E-state index contributed by atoms with van der Waals surface area (Å²) in [5, 5.41) is 13.3. The van der Waals surface area contributed by atoms with E-state index >= 15 is 0 Å². The molecular formula is C17H17N3O2. The Morgan fingerprint density at radius 3 is 2.59 bits per heavy atom. The van der Waals surface area contributed by atoms with Crippen LogP contribution in [0, 0.1) is 11.3 Å². The number of benzene rings is 2. The summed E-state index contributed by atoms with van der Waals surface area (Å²) in [7, 11) is 0. The van der Waals surface area contributed by atoms with E-state index in [0.29, 0.717) is 0 Å². The van der Waals surface area contributed by atoms with E-state index in [1.165, 1.54) is 0 Å². The lowest BCUT2D eigenvalue weighted by Crippen LogP contribution is -2.44. The third kappa shape index (κ3) is 4.06. The van der Waals surface area contributed by atoms with Crippen molar-refractivity contribution in [1.82, 2.24) is 5.32 Å². The fourth-order valence-electron chi connectivity index (χ4n) is 2.27. The second-order valence-corrected chi connectivity index (χ2v) is 5.08. The Morgan fingerprint density at radius 1 is 1.18 bits per heavy atom. The standard InChI is InChI=1S/C17H17N3O2/c18-9-3-6-15(17(19)22)20-16(21)11-12-7-8-13-4-1-2-5-14(13)10-12/h1-2,4-5,7-8,10,15H,3,6,11H2,(H2,19,22)(H,20,21)/t15-/m1/s1. The maximum atomic E-state index is 12.0. The van der Waals surface area contributed by atoms with Crippen molar-refractivity contribution in [3.05, 3.63) is 48.0 Å². The number of nitrogens with one attached hydrogen (secondary N) is 1. The molecule has 1 atom stereocenters. The molecule has 112 valence electrons. The van der Waals surface area contributed by atoms with Crippen molar-refractivity contribution >= 4 is 22.6 Å². The number of amides is 2. The number of carbonyl (C=O) groups excluding carboxylic acids is 2. The Bertz CT molecular complexity index is 734. The monoisotopic (exact) mass is 295 g/mol. The van der Waals surface area contributed by atoms with Gasteiger partial charge in [-0.05, 0) is 22.8 Å². The number of carbonyl (C=O) groups is 2. The van der Waals surface area contributed by atoms with Gasteiger partial charge in [0, 0.05) is 6.42 Å². The number of primary amides is 1. The molecule has 5 heteroatoms. The Labute approximate surface area is 128 Å². The lowest BCUT2D eigenvalue weighted by atomic mass is 10.0. The van der Waals surface area contributed by atoms with Gasteiger partial charge in [-0.3, -0.25) is 9.59 Å². The van der Waals surface area contributed by atoms with Crippen LogP contribution in [0.3, 0.4) is 0 Å². The highest BCUT2D eigenvalue weighted by Crippen LogP contribution is 2.16. The first-order valence-corrected chi connectivity index (χ1v) is 7.03. The first-order valence-electron chi connectivity index (χ1n) is 7.03. The molecule has 0 spiro atoms. The van der Waals surface area contributed by atoms with Crippen molar-refractivity contribution < 1.29 is 9.59 Å². The summed E-state index contributed by atoms with van der Waals surface area (Å²) in [5.41, 5.74) is 6.09. The van der Waals surface area contributed by atoms with Crippen molar-refractivity contribution in [1.29, 1.82) is 5.26 Å². The van der Waals surface area contributed by atoms with Gasteiger partial charge in [-0.2, -0.15) is 5.26 Å². The number of nitriles is 1. The lowest BCUT2D eigenvalue weighted by molar-refractivity contribution is -0.127. The van der Waals surface area contributed by atoms with Gasteiger partial charge < -0.3 is 11.1 Å². The molecule has 0 radical (unpaired) electrons. The highest BCUT2D eigenvalue weighted by Gasteiger charge is 2.17.